The zero-order valence-electron chi connectivity index (χ0n) is 21.1. The van der Waals surface area contributed by atoms with Crippen LogP contribution >= 0.6 is 0 Å². The van der Waals surface area contributed by atoms with Crippen LogP contribution in [-0.4, -0.2) is 30.4 Å². The number of allylic oxidation sites excluding steroid dienone is 2. The Kier molecular flexibility index (Phi) is 8.29. The van der Waals surface area contributed by atoms with Crippen LogP contribution in [0.15, 0.2) is 79.4 Å². The van der Waals surface area contributed by atoms with E-state index in [-0.39, 0.29) is 0 Å². The molecule has 0 N–H and O–H groups in total. The third-order valence-corrected chi connectivity index (χ3v) is 5.82. The summed E-state index contributed by atoms with van der Waals surface area (Å²) in [6, 6.07) is 19.9. The van der Waals surface area contributed by atoms with E-state index in [0.717, 1.165) is 34.4 Å². The summed E-state index contributed by atoms with van der Waals surface area (Å²) in [6.07, 6.45) is 6.66. The van der Waals surface area contributed by atoms with Crippen LogP contribution in [0.4, 0.5) is 0 Å². The molecule has 4 rings (SSSR count). The van der Waals surface area contributed by atoms with Gasteiger partial charge in [0.05, 0.1) is 31.8 Å². The third-order valence-electron chi connectivity index (χ3n) is 5.82. The number of benzene rings is 3. The zero-order chi connectivity index (χ0) is 25.3. The number of hydrogen-bond acceptors (Lipinski definition) is 5. The number of ether oxygens (including phenoxy) is 4. The number of para-hydroxylation sites is 2. The summed E-state index contributed by atoms with van der Waals surface area (Å²) in [5.74, 6) is 3.58. The molecule has 0 aliphatic carbocycles. The van der Waals surface area contributed by atoms with Crippen LogP contribution in [0.3, 0.4) is 0 Å². The Morgan fingerprint density at radius 3 is 2.42 bits per heavy atom. The van der Waals surface area contributed by atoms with Gasteiger partial charge in [0.15, 0.2) is 23.0 Å². The van der Waals surface area contributed by atoms with Crippen molar-refractivity contribution in [3.63, 3.8) is 0 Å². The summed E-state index contributed by atoms with van der Waals surface area (Å²) in [5.41, 5.74) is 4.13. The summed E-state index contributed by atoms with van der Waals surface area (Å²) < 4.78 is 25.5. The van der Waals surface area contributed by atoms with Crippen molar-refractivity contribution in [1.82, 2.24) is 9.55 Å². The highest BCUT2D eigenvalue weighted by Gasteiger charge is 2.14. The largest absolute Gasteiger partial charge is 0.493 e. The fraction of sp³-hybridized carbons (Fsp3) is 0.233. The second kappa shape index (κ2) is 12.0. The first-order chi connectivity index (χ1) is 17.7. The standard InChI is InChI=1S/C30H32N2O4/c1-5-9-22-13-15-26(28(19-22)33-3)35-18-17-32-25-12-8-7-11-24(25)31-30(32)21-36-27-16-14-23(10-6-2)20-29(27)34-4/h5-8,10-16,19-20H,1,9,17-18,21H2,2-4H3/b10-6-. The Morgan fingerprint density at radius 2 is 1.64 bits per heavy atom. The van der Waals surface area contributed by atoms with Crippen LogP contribution in [0, 0.1) is 0 Å². The van der Waals surface area contributed by atoms with E-state index in [2.05, 4.69) is 17.2 Å². The lowest BCUT2D eigenvalue weighted by molar-refractivity contribution is 0.257. The maximum absolute atomic E-state index is 6.15. The average Bonchev–Trinajstić information content (AvgIpc) is 3.26. The highest BCUT2D eigenvalue weighted by atomic mass is 16.5. The van der Waals surface area contributed by atoms with Crippen LogP contribution < -0.4 is 18.9 Å². The van der Waals surface area contributed by atoms with E-state index < -0.39 is 0 Å². The van der Waals surface area contributed by atoms with Gasteiger partial charge in [0, 0.05) is 0 Å². The van der Waals surface area contributed by atoms with Crippen molar-refractivity contribution in [2.24, 2.45) is 0 Å². The van der Waals surface area contributed by atoms with E-state index in [0.29, 0.717) is 42.8 Å². The molecule has 3 aromatic carbocycles. The van der Waals surface area contributed by atoms with Gasteiger partial charge in [-0.2, -0.15) is 0 Å². The van der Waals surface area contributed by atoms with E-state index >= 15 is 0 Å². The number of imidazole rings is 1. The zero-order valence-corrected chi connectivity index (χ0v) is 21.1. The molecule has 0 saturated carbocycles. The highest BCUT2D eigenvalue weighted by molar-refractivity contribution is 5.75. The average molecular weight is 485 g/mol. The minimum absolute atomic E-state index is 0.299. The van der Waals surface area contributed by atoms with Gasteiger partial charge < -0.3 is 23.5 Å². The number of methoxy groups -OCH3 is 2. The molecular formula is C30H32N2O4. The molecule has 6 nitrogen and oxygen atoms in total. The van der Waals surface area contributed by atoms with Gasteiger partial charge in [0.25, 0.3) is 0 Å². The molecule has 0 fully saturated rings. The summed E-state index contributed by atoms with van der Waals surface area (Å²) in [5, 5.41) is 0. The first-order valence-corrected chi connectivity index (χ1v) is 11.9. The fourth-order valence-electron chi connectivity index (χ4n) is 4.10. The van der Waals surface area contributed by atoms with Crippen LogP contribution in [-0.2, 0) is 19.6 Å². The molecule has 1 heterocycles. The van der Waals surface area contributed by atoms with Crippen LogP contribution in [0.2, 0.25) is 0 Å². The maximum atomic E-state index is 6.15. The van der Waals surface area contributed by atoms with Crippen molar-refractivity contribution in [3.05, 3.63) is 96.3 Å². The molecule has 0 bridgehead atoms. The SMILES string of the molecule is C=CCc1ccc(OCCn2c(COc3ccc(/C=C\C)cc3OC)nc3ccccc32)c(OC)c1. The molecule has 1 aromatic heterocycles. The Hall–Kier alpha value is -4.19. The predicted molar refractivity (Wildman–Crippen MR) is 144 cm³/mol. The minimum atomic E-state index is 0.299. The maximum Gasteiger partial charge on any atom is 0.161 e. The van der Waals surface area contributed by atoms with Crippen molar-refractivity contribution < 1.29 is 18.9 Å². The second-order valence-corrected chi connectivity index (χ2v) is 8.19. The van der Waals surface area contributed by atoms with E-state index in [4.69, 9.17) is 23.9 Å². The molecule has 36 heavy (non-hydrogen) atoms. The Labute approximate surface area is 212 Å². The lowest BCUT2D eigenvalue weighted by Gasteiger charge is -2.15. The van der Waals surface area contributed by atoms with Crippen molar-refractivity contribution in [3.8, 4) is 23.0 Å². The molecule has 0 atom stereocenters. The minimum Gasteiger partial charge on any atom is -0.493 e. The summed E-state index contributed by atoms with van der Waals surface area (Å²) in [6.45, 7) is 7.14. The third kappa shape index (κ3) is 5.71. The number of hydrogen-bond donors (Lipinski definition) is 0. The van der Waals surface area contributed by atoms with Gasteiger partial charge in [-0.1, -0.05) is 42.5 Å². The Balaban J connectivity index is 1.51. The highest BCUT2D eigenvalue weighted by Crippen LogP contribution is 2.30. The first-order valence-electron chi connectivity index (χ1n) is 11.9. The van der Waals surface area contributed by atoms with Crippen molar-refractivity contribution in [1.29, 1.82) is 0 Å². The predicted octanol–water partition coefficient (Wildman–Crippen LogP) is 6.47. The van der Waals surface area contributed by atoms with Crippen LogP contribution in [0.1, 0.15) is 23.9 Å². The summed E-state index contributed by atoms with van der Waals surface area (Å²) >= 11 is 0. The van der Waals surface area contributed by atoms with E-state index in [1.54, 1.807) is 14.2 Å². The number of fused-ring (bicyclic) bond motifs is 1. The molecule has 0 saturated heterocycles. The van der Waals surface area contributed by atoms with Gasteiger partial charge in [-0.25, -0.2) is 4.98 Å². The van der Waals surface area contributed by atoms with Crippen molar-refractivity contribution >= 4 is 17.1 Å². The molecule has 0 amide bonds. The van der Waals surface area contributed by atoms with E-state index in [1.807, 2.05) is 79.7 Å². The summed E-state index contributed by atoms with van der Waals surface area (Å²) in [7, 11) is 3.30. The normalized spacial score (nSPS) is 11.1. The van der Waals surface area contributed by atoms with Crippen LogP contribution in [0.25, 0.3) is 17.1 Å². The smallest absolute Gasteiger partial charge is 0.161 e. The van der Waals surface area contributed by atoms with Gasteiger partial charge in [0.2, 0.25) is 0 Å². The quantitative estimate of drug-likeness (QED) is 0.216. The molecule has 4 aromatic rings. The van der Waals surface area contributed by atoms with E-state index in [9.17, 15) is 0 Å². The second-order valence-electron chi connectivity index (χ2n) is 8.19. The first kappa shape index (κ1) is 24.9. The Morgan fingerprint density at radius 1 is 0.889 bits per heavy atom. The molecule has 186 valence electrons. The van der Waals surface area contributed by atoms with Gasteiger partial charge >= 0.3 is 0 Å². The lowest BCUT2D eigenvalue weighted by atomic mass is 10.1. The van der Waals surface area contributed by atoms with Crippen molar-refractivity contribution in [2.75, 3.05) is 20.8 Å². The molecular weight excluding hydrogens is 452 g/mol. The summed E-state index contributed by atoms with van der Waals surface area (Å²) in [4.78, 5) is 4.82. The molecule has 0 aliphatic rings. The van der Waals surface area contributed by atoms with Gasteiger partial charge in [0.1, 0.15) is 19.0 Å². The van der Waals surface area contributed by atoms with E-state index in [1.165, 1.54) is 0 Å². The molecule has 0 radical (unpaired) electrons. The molecule has 0 unspecified atom stereocenters. The topological polar surface area (TPSA) is 54.7 Å². The molecule has 0 aliphatic heterocycles. The van der Waals surface area contributed by atoms with Gasteiger partial charge in [-0.3, -0.25) is 0 Å². The van der Waals surface area contributed by atoms with Gasteiger partial charge in [-0.05, 0) is 60.9 Å². The van der Waals surface area contributed by atoms with Crippen LogP contribution in [0.5, 0.6) is 23.0 Å². The molecule has 0 spiro atoms. The Bertz CT molecular complexity index is 1360. The lowest BCUT2D eigenvalue weighted by Crippen LogP contribution is -2.13. The number of aromatic nitrogens is 2. The fourth-order valence-corrected chi connectivity index (χ4v) is 4.10. The monoisotopic (exact) mass is 484 g/mol. The number of nitrogens with zero attached hydrogens (tertiary/aromatic N) is 2. The molecule has 6 heteroatoms. The number of rotatable bonds is 12. The van der Waals surface area contributed by atoms with Crippen molar-refractivity contribution in [2.45, 2.75) is 26.5 Å². The van der Waals surface area contributed by atoms with Gasteiger partial charge in [-0.15, -0.1) is 6.58 Å².